The molecule has 0 aliphatic heterocycles. The molecular formula is C22H18Cl3NO4S. The monoisotopic (exact) mass is 497 g/mol. The zero-order valence-corrected chi connectivity index (χ0v) is 19.7. The number of methoxy groups -OCH3 is 1. The largest absolute Gasteiger partial charge is 0.479 e. The number of benzene rings is 2. The van der Waals surface area contributed by atoms with Crippen LogP contribution in [0.25, 0.3) is 11.1 Å². The molecule has 1 N–H and O–H groups in total. The molecule has 0 aliphatic rings. The molecule has 1 heterocycles. The highest BCUT2D eigenvalue weighted by Gasteiger charge is 2.26. The summed E-state index contributed by atoms with van der Waals surface area (Å²) in [6.07, 6.45) is -0.472. The van der Waals surface area contributed by atoms with Crippen LogP contribution in [0.1, 0.15) is 23.7 Å². The van der Waals surface area contributed by atoms with Gasteiger partial charge >= 0.3 is 5.97 Å². The lowest BCUT2D eigenvalue weighted by Crippen LogP contribution is -2.32. The Kier molecular flexibility index (Phi) is 7.84. The molecule has 2 aromatic carbocycles. The molecule has 1 aromatic heterocycles. The van der Waals surface area contributed by atoms with Crippen molar-refractivity contribution >= 4 is 63.0 Å². The number of nitrogens with one attached hydrogen (secondary N) is 1. The van der Waals surface area contributed by atoms with Crippen molar-refractivity contribution in [3.05, 3.63) is 68.5 Å². The predicted octanol–water partition coefficient (Wildman–Crippen LogP) is 6.96. The van der Waals surface area contributed by atoms with Gasteiger partial charge in [0, 0.05) is 27.1 Å². The van der Waals surface area contributed by atoms with Crippen molar-refractivity contribution in [2.24, 2.45) is 0 Å². The number of carbonyl (C=O) groups excluding carboxylic acids is 2. The first kappa shape index (κ1) is 23.4. The van der Waals surface area contributed by atoms with Crippen molar-refractivity contribution in [3.8, 4) is 16.9 Å². The van der Waals surface area contributed by atoms with E-state index >= 15 is 0 Å². The highest BCUT2D eigenvalue weighted by molar-refractivity contribution is 7.15. The van der Waals surface area contributed by atoms with Crippen molar-refractivity contribution in [2.75, 3.05) is 12.4 Å². The molecule has 31 heavy (non-hydrogen) atoms. The first-order chi connectivity index (χ1) is 14.8. The van der Waals surface area contributed by atoms with Crippen molar-refractivity contribution in [1.29, 1.82) is 0 Å². The van der Waals surface area contributed by atoms with E-state index < -0.39 is 18.0 Å². The van der Waals surface area contributed by atoms with E-state index in [2.05, 4.69) is 5.32 Å². The van der Waals surface area contributed by atoms with Gasteiger partial charge in [0.15, 0.2) is 6.10 Å². The van der Waals surface area contributed by atoms with Gasteiger partial charge in [0.2, 0.25) is 0 Å². The van der Waals surface area contributed by atoms with Crippen LogP contribution in [0.5, 0.6) is 5.75 Å². The molecule has 0 radical (unpaired) electrons. The predicted molar refractivity (Wildman–Crippen MR) is 126 cm³/mol. The second kappa shape index (κ2) is 10.4. The molecule has 0 spiro atoms. The molecule has 0 saturated heterocycles. The van der Waals surface area contributed by atoms with E-state index in [0.717, 1.165) is 5.56 Å². The third-order valence-corrected chi connectivity index (χ3v) is 6.09. The second-order valence-electron chi connectivity index (χ2n) is 6.43. The molecule has 9 heteroatoms. The van der Waals surface area contributed by atoms with Gasteiger partial charge in [-0.3, -0.25) is 4.79 Å². The van der Waals surface area contributed by atoms with Crippen LogP contribution in [0.4, 0.5) is 5.00 Å². The van der Waals surface area contributed by atoms with E-state index in [1.807, 2.05) is 0 Å². The Morgan fingerprint density at radius 2 is 1.74 bits per heavy atom. The number of hydrogen-bond acceptors (Lipinski definition) is 5. The van der Waals surface area contributed by atoms with E-state index in [-0.39, 0.29) is 5.56 Å². The van der Waals surface area contributed by atoms with Gasteiger partial charge in [-0.15, -0.1) is 11.3 Å². The molecule has 0 saturated carbocycles. The van der Waals surface area contributed by atoms with E-state index in [9.17, 15) is 9.59 Å². The number of rotatable bonds is 7. The molecule has 0 bridgehead atoms. The molecule has 3 rings (SSSR count). The normalized spacial score (nSPS) is 11.6. The molecule has 0 fully saturated rings. The van der Waals surface area contributed by atoms with Crippen LogP contribution < -0.4 is 10.1 Å². The number of halogens is 3. The van der Waals surface area contributed by atoms with E-state index in [1.165, 1.54) is 18.4 Å². The van der Waals surface area contributed by atoms with Gasteiger partial charge in [0.25, 0.3) is 5.91 Å². The summed E-state index contributed by atoms with van der Waals surface area (Å²) < 4.78 is 10.7. The minimum absolute atomic E-state index is 0.263. The quantitative estimate of drug-likeness (QED) is 0.358. The summed E-state index contributed by atoms with van der Waals surface area (Å²) >= 11 is 19.3. The molecule has 162 valence electrons. The van der Waals surface area contributed by atoms with Crippen molar-refractivity contribution in [1.82, 2.24) is 0 Å². The Hall–Kier alpha value is -2.25. The van der Waals surface area contributed by atoms with Gasteiger partial charge in [-0.1, -0.05) is 53.9 Å². The fourth-order valence-corrected chi connectivity index (χ4v) is 4.24. The molecule has 5 nitrogen and oxygen atoms in total. The topological polar surface area (TPSA) is 64.6 Å². The average Bonchev–Trinajstić information content (AvgIpc) is 3.17. The Morgan fingerprint density at radius 1 is 1.06 bits per heavy atom. The Balaban J connectivity index is 1.88. The zero-order valence-electron chi connectivity index (χ0n) is 16.6. The van der Waals surface area contributed by atoms with Gasteiger partial charge in [-0.2, -0.15) is 0 Å². The number of esters is 1. The standard InChI is InChI=1S/C22H18Cl3NO4S/c1-3-17(30-18-10-14(24)8-9-16(18)25)20(27)26-21-19(22(28)29-2)15(11-31-21)12-4-6-13(23)7-5-12/h4-11,17H,3H2,1-2H3,(H,26,27). The molecule has 1 amide bonds. The number of amides is 1. The molecule has 3 aromatic rings. The lowest BCUT2D eigenvalue weighted by molar-refractivity contribution is -0.122. The Bertz CT molecular complexity index is 1100. The van der Waals surface area contributed by atoms with E-state index in [1.54, 1.807) is 54.8 Å². The maximum absolute atomic E-state index is 12.9. The molecule has 1 atom stereocenters. The minimum Gasteiger partial charge on any atom is -0.479 e. The van der Waals surface area contributed by atoms with Crippen LogP contribution in [0.15, 0.2) is 47.8 Å². The number of carbonyl (C=O) groups is 2. The summed E-state index contributed by atoms with van der Waals surface area (Å²) in [5, 5.41) is 6.28. The number of anilines is 1. The van der Waals surface area contributed by atoms with Crippen molar-refractivity contribution in [2.45, 2.75) is 19.4 Å². The summed E-state index contributed by atoms with van der Waals surface area (Å²) in [7, 11) is 1.29. The summed E-state index contributed by atoms with van der Waals surface area (Å²) in [6, 6.07) is 11.8. The highest BCUT2D eigenvalue weighted by atomic mass is 35.5. The fourth-order valence-electron chi connectivity index (χ4n) is 2.83. The van der Waals surface area contributed by atoms with Crippen LogP contribution in [0, 0.1) is 0 Å². The van der Waals surface area contributed by atoms with Crippen molar-refractivity contribution < 1.29 is 19.1 Å². The zero-order chi connectivity index (χ0) is 22.5. The number of ether oxygens (including phenoxy) is 2. The van der Waals surface area contributed by atoms with Crippen LogP contribution in [-0.2, 0) is 9.53 Å². The van der Waals surface area contributed by atoms with Gasteiger partial charge in [-0.05, 0) is 36.2 Å². The smallest absolute Gasteiger partial charge is 0.341 e. The minimum atomic E-state index is -0.845. The summed E-state index contributed by atoms with van der Waals surface area (Å²) in [4.78, 5) is 25.4. The summed E-state index contributed by atoms with van der Waals surface area (Å²) in [5.74, 6) is -0.682. The lowest BCUT2D eigenvalue weighted by Gasteiger charge is -2.18. The van der Waals surface area contributed by atoms with Crippen molar-refractivity contribution in [3.63, 3.8) is 0 Å². The summed E-state index contributed by atoms with van der Waals surface area (Å²) in [6.45, 7) is 1.80. The molecule has 0 aliphatic carbocycles. The van der Waals surface area contributed by atoms with Crippen LogP contribution in [0.3, 0.4) is 0 Å². The van der Waals surface area contributed by atoms with Gasteiger partial charge < -0.3 is 14.8 Å². The number of hydrogen-bond donors (Lipinski definition) is 1. The number of thiophene rings is 1. The third-order valence-electron chi connectivity index (χ3n) is 4.40. The Labute approximate surface area is 198 Å². The van der Waals surface area contributed by atoms with Gasteiger partial charge in [-0.25, -0.2) is 4.79 Å². The molecular weight excluding hydrogens is 481 g/mol. The first-order valence-electron chi connectivity index (χ1n) is 9.22. The average molecular weight is 499 g/mol. The SMILES string of the molecule is CCC(Oc1cc(Cl)ccc1Cl)C(=O)Nc1scc(-c2ccc(Cl)cc2)c1C(=O)OC. The van der Waals surface area contributed by atoms with Gasteiger partial charge in [0.1, 0.15) is 16.3 Å². The van der Waals surface area contributed by atoms with Crippen LogP contribution >= 0.6 is 46.1 Å². The van der Waals surface area contributed by atoms with E-state index in [0.29, 0.717) is 37.8 Å². The van der Waals surface area contributed by atoms with E-state index in [4.69, 9.17) is 44.3 Å². The first-order valence-corrected chi connectivity index (χ1v) is 11.2. The third kappa shape index (κ3) is 5.52. The van der Waals surface area contributed by atoms with Crippen LogP contribution in [0.2, 0.25) is 15.1 Å². The highest BCUT2D eigenvalue weighted by Crippen LogP contribution is 2.37. The van der Waals surface area contributed by atoms with Gasteiger partial charge in [0.05, 0.1) is 12.1 Å². The maximum Gasteiger partial charge on any atom is 0.341 e. The lowest BCUT2D eigenvalue weighted by atomic mass is 10.0. The Morgan fingerprint density at radius 3 is 2.39 bits per heavy atom. The summed E-state index contributed by atoms with van der Waals surface area (Å²) in [5.41, 5.74) is 1.67. The maximum atomic E-state index is 12.9. The fraction of sp³-hybridized carbons (Fsp3) is 0.182. The van der Waals surface area contributed by atoms with Crippen LogP contribution in [-0.4, -0.2) is 25.1 Å². The second-order valence-corrected chi connectivity index (χ2v) is 8.59. The molecule has 1 unspecified atom stereocenters.